The molecule has 1 aromatic rings. The lowest BCUT2D eigenvalue weighted by atomic mass is 10.2. The van der Waals surface area contributed by atoms with Gasteiger partial charge in [0, 0.05) is 26.3 Å². The molecule has 0 fully saturated rings. The first-order valence-corrected chi connectivity index (χ1v) is 7.49. The molecule has 2 unspecified atom stereocenters. The average molecular weight is 337 g/mol. The van der Waals surface area contributed by atoms with Gasteiger partial charge in [-0.25, -0.2) is 4.39 Å². The second-order valence-electron chi connectivity index (χ2n) is 3.89. The fourth-order valence-corrected chi connectivity index (χ4v) is 3.03. The van der Waals surface area contributed by atoms with Crippen LogP contribution in [0.15, 0.2) is 22.7 Å². The van der Waals surface area contributed by atoms with Gasteiger partial charge in [-0.05, 0) is 23.8 Å². The first-order chi connectivity index (χ1) is 8.42. The van der Waals surface area contributed by atoms with Gasteiger partial charge in [0.2, 0.25) is 0 Å². The van der Waals surface area contributed by atoms with Crippen LogP contribution in [0.1, 0.15) is 18.9 Å². The summed E-state index contributed by atoms with van der Waals surface area (Å²) in [4.78, 5) is 11.1. The lowest BCUT2D eigenvalue weighted by molar-refractivity contribution is -0.140. The molecular formula is C12H14BrFO3S. The van der Waals surface area contributed by atoms with Crippen LogP contribution in [0.25, 0.3) is 0 Å². The van der Waals surface area contributed by atoms with Crippen molar-refractivity contribution in [2.45, 2.75) is 24.3 Å². The Labute approximate surface area is 116 Å². The smallest absolute Gasteiger partial charge is 0.306 e. The topological polar surface area (TPSA) is 43.4 Å². The van der Waals surface area contributed by atoms with Crippen molar-refractivity contribution in [3.63, 3.8) is 0 Å². The Kier molecular flexibility index (Phi) is 5.95. The molecular weight excluding hydrogens is 323 g/mol. The highest BCUT2D eigenvalue weighted by atomic mass is 79.9. The highest BCUT2D eigenvalue weighted by Gasteiger charge is 2.16. The van der Waals surface area contributed by atoms with Crippen LogP contribution in [0.5, 0.6) is 0 Å². The van der Waals surface area contributed by atoms with Crippen molar-refractivity contribution in [2.75, 3.05) is 7.11 Å². The summed E-state index contributed by atoms with van der Waals surface area (Å²) in [5.74, 6) is -0.553. The highest BCUT2D eigenvalue weighted by Crippen LogP contribution is 2.17. The maximum Gasteiger partial charge on any atom is 0.306 e. The number of hydrogen-bond donors (Lipinski definition) is 0. The zero-order valence-corrected chi connectivity index (χ0v) is 12.5. The predicted molar refractivity (Wildman–Crippen MR) is 72.0 cm³/mol. The van der Waals surface area contributed by atoms with Crippen molar-refractivity contribution in [3.8, 4) is 0 Å². The van der Waals surface area contributed by atoms with E-state index in [-0.39, 0.29) is 23.2 Å². The Morgan fingerprint density at radius 2 is 2.17 bits per heavy atom. The minimum atomic E-state index is -1.24. The molecule has 0 bridgehead atoms. The third kappa shape index (κ3) is 4.86. The molecule has 18 heavy (non-hydrogen) atoms. The molecule has 0 spiro atoms. The quantitative estimate of drug-likeness (QED) is 0.776. The molecule has 3 nitrogen and oxygen atoms in total. The summed E-state index contributed by atoms with van der Waals surface area (Å²) in [5.41, 5.74) is 0.636. The van der Waals surface area contributed by atoms with Crippen LogP contribution >= 0.6 is 15.9 Å². The van der Waals surface area contributed by atoms with Gasteiger partial charge in [-0.3, -0.25) is 9.00 Å². The Balaban J connectivity index is 2.66. The SMILES string of the molecule is COC(=O)CC(C)S(=O)Cc1cc(F)cc(Br)c1. The number of rotatable bonds is 5. The molecule has 100 valence electrons. The van der Waals surface area contributed by atoms with Crippen LogP contribution in [0.2, 0.25) is 0 Å². The molecule has 6 heteroatoms. The van der Waals surface area contributed by atoms with E-state index in [2.05, 4.69) is 20.7 Å². The minimum Gasteiger partial charge on any atom is -0.469 e. The molecule has 0 saturated heterocycles. The average Bonchev–Trinajstić information content (AvgIpc) is 2.27. The van der Waals surface area contributed by atoms with Crippen LogP contribution in [0.3, 0.4) is 0 Å². The van der Waals surface area contributed by atoms with Gasteiger partial charge in [0.05, 0.1) is 13.5 Å². The van der Waals surface area contributed by atoms with Gasteiger partial charge in [-0.1, -0.05) is 22.9 Å². The van der Waals surface area contributed by atoms with E-state index in [1.807, 2.05) is 0 Å². The molecule has 0 amide bonds. The molecule has 0 radical (unpaired) electrons. The van der Waals surface area contributed by atoms with E-state index in [9.17, 15) is 13.4 Å². The first kappa shape index (κ1) is 15.3. The van der Waals surface area contributed by atoms with Crippen molar-refractivity contribution in [2.24, 2.45) is 0 Å². The predicted octanol–water partition coefficient (Wildman–Crippen LogP) is 2.79. The summed E-state index contributed by atoms with van der Waals surface area (Å²) in [6.07, 6.45) is 0.0968. The fraction of sp³-hybridized carbons (Fsp3) is 0.417. The number of hydrogen-bond acceptors (Lipinski definition) is 3. The van der Waals surface area contributed by atoms with Crippen molar-refractivity contribution in [1.82, 2.24) is 0 Å². The molecule has 0 aliphatic carbocycles. The first-order valence-electron chi connectivity index (χ1n) is 5.31. The maximum atomic E-state index is 13.1. The number of carbonyl (C=O) groups is 1. The Morgan fingerprint density at radius 3 is 2.72 bits per heavy atom. The van der Waals surface area contributed by atoms with Crippen molar-refractivity contribution < 1.29 is 18.1 Å². The van der Waals surface area contributed by atoms with Crippen LogP contribution < -0.4 is 0 Å². The number of benzene rings is 1. The number of halogens is 2. The van der Waals surface area contributed by atoms with E-state index in [0.29, 0.717) is 10.0 Å². The Bertz CT molecular complexity index is 444. The van der Waals surface area contributed by atoms with Crippen molar-refractivity contribution >= 4 is 32.7 Å². The van der Waals surface area contributed by atoms with Gasteiger partial charge in [0.15, 0.2) is 0 Å². The second kappa shape index (κ2) is 6.99. The van der Waals surface area contributed by atoms with Gasteiger partial charge < -0.3 is 4.74 Å². The second-order valence-corrected chi connectivity index (χ2v) is 6.66. The van der Waals surface area contributed by atoms with Gasteiger partial charge in [-0.15, -0.1) is 0 Å². The number of esters is 1. The van der Waals surface area contributed by atoms with Crippen LogP contribution in [-0.2, 0) is 26.1 Å². The highest BCUT2D eigenvalue weighted by molar-refractivity contribution is 9.10. The van der Waals surface area contributed by atoms with E-state index in [1.165, 1.54) is 19.2 Å². The molecule has 0 heterocycles. The zero-order valence-electron chi connectivity index (χ0n) is 10.1. The molecule has 1 aromatic carbocycles. The third-order valence-electron chi connectivity index (χ3n) is 2.36. The number of carbonyl (C=O) groups excluding carboxylic acids is 1. The number of ether oxygens (including phenoxy) is 1. The molecule has 0 saturated carbocycles. The van der Waals surface area contributed by atoms with Gasteiger partial charge in [0.25, 0.3) is 0 Å². The minimum absolute atomic E-state index is 0.0968. The largest absolute Gasteiger partial charge is 0.469 e. The van der Waals surface area contributed by atoms with Crippen LogP contribution in [0, 0.1) is 5.82 Å². The van der Waals surface area contributed by atoms with Gasteiger partial charge in [0.1, 0.15) is 5.82 Å². The maximum absolute atomic E-state index is 13.1. The van der Waals surface area contributed by atoms with E-state index in [1.54, 1.807) is 13.0 Å². The summed E-state index contributed by atoms with van der Waals surface area (Å²) in [5, 5.41) is -0.320. The monoisotopic (exact) mass is 336 g/mol. The number of methoxy groups -OCH3 is 1. The van der Waals surface area contributed by atoms with Crippen molar-refractivity contribution in [1.29, 1.82) is 0 Å². The van der Waals surface area contributed by atoms with E-state index >= 15 is 0 Å². The summed E-state index contributed by atoms with van der Waals surface area (Å²) in [7, 11) is 0.0505. The Morgan fingerprint density at radius 1 is 1.50 bits per heavy atom. The standard InChI is InChI=1S/C12H14BrFO3S/c1-8(3-12(15)17-2)18(16)7-9-4-10(13)6-11(14)5-9/h4-6,8H,3,7H2,1-2H3. The molecule has 2 atom stereocenters. The van der Waals surface area contributed by atoms with Gasteiger partial charge >= 0.3 is 5.97 Å². The summed E-state index contributed by atoms with van der Waals surface area (Å²) in [6, 6.07) is 4.39. The normalized spacial score (nSPS) is 14.0. The molecule has 0 N–H and O–H groups in total. The van der Waals surface area contributed by atoms with E-state index in [4.69, 9.17) is 0 Å². The third-order valence-corrected chi connectivity index (χ3v) is 4.50. The van der Waals surface area contributed by atoms with Crippen molar-refractivity contribution in [3.05, 3.63) is 34.1 Å². The molecule has 0 aliphatic rings. The summed E-state index contributed by atoms with van der Waals surface area (Å²) >= 11 is 3.18. The lowest BCUT2D eigenvalue weighted by Gasteiger charge is -2.10. The van der Waals surface area contributed by atoms with Crippen LogP contribution in [0.4, 0.5) is 4.39 Å². The van der Waals surface area contributed by atoms with E-state index < -0.39 is 16.8 Å². The Hall–Kier alpha value is -0.750. The van der Waals surface area contributed by atoms with Gasteiger partial charge in [-0.2, -0.15) is 0 Å². The zero-order chi connectivity index (χ0) is 13.7. The van der Waals surface area contributed by atoms with Crippen LogP contribution in [-0.4, -0.2) is 22.5 Å². The summed E-state index contributed by atoms with van der Waals surface area (Å²) in [6.45, 7) is 1.71. The van der Waals surface area contributed by atoms with E-state index in [0.717, 1.165) is 0 Å². The lowest BCUT2D eigenvalue weighted by Crippen LogP contribution is -2.18. The molecule has 0 aromatic heterocycles. The fourth-order valence-electron chi connectivity index (χ4n) is 1.41. The molecule has 0 aliphatic heterocycles. The summed E-state index contributed by atoms with van der Waals surface area (Å²) < 4.78 is 30.2. The molecule has 1 rings (SSSR count).